The number of hydrogen-bond donors (Lipinski definition) is 4. The normalized spacial score (nSPS) is 19.3. The molecule has 2 aliphatic heterocycles. The highest BCUT2D eigenvalue weighted by atomic mass is 32.2. The van der Waals surface area contributed by atoms with Crippen LogP contribution >= 0.6 is 0 Å². The second kappa shape index (κ2) is 13.7. The molecule has 0 aliphatic carbocycles. The van der Waals surface area contributed by atoms with Gasteiger partial charge in [-0.15, -0.1) is 0 Å². The van der Waals surface area contributed by atoms with Gasteiger partial charge in [-0.1, -0.05) is 12.1 Å². The number of sulfone groups is 1. The van der Waals surface area contributed by atoms with E-state index < -0.39 is 27.3 Å². The lowest BCUT2D eigenvalue weighted by Crippen LogP contribution is -2.43. The van der Waals surface area contributed by atoms with Crippen LogP contribution in [0.15, 0.2) is 53.6 Å². The summed E-state index contributed by atoms with van der Waals surface area (Å²) in [5.41, 5.74) is 3.75. The van der Waals surface area contributed by atoms with Crippen molar-refractivity contribution in [3.8, 4) is 5.75 Å². The summed E-state index contributed by atoms with van der Waals surface area (Å²) in [7, 11) is -1.97. The number of amides is 1. The Bertz CT molecular complexity index is 1900. The highest BCUT2D eigenvalue weighted by molar-refractivity contribution is 7.92. The van der Waals surface area contributed by atoms with E-state index in [1.165, 1.54) is 4.52 Å². The van der Waals surface area contributed by atoms with Gasteiger partial charge in [0.2, 0.25) is 17.8 Å². The molecule has 0 unspecified atom stereocenters. The molecule has 4 N–H and O–H groups in total. The minimum atomic E-state index is -3.58. The quantitative estimate of drug-likeness (QED) is 0.193. The van der Waals surface area contributed by atoms with E-state index >= 15 is 0 Å². The predicted molar refractivity (Wildman–Crippen MR) is 181 cm³/mol. The first-order valence-corrected chi connectivity index (χ1v) is 17.6. The number of anilines is 4. The molecule has 0 spiro atoms. The number of aliphatic hydroxyl groups is 2. The summed E-state index contributed by atoms with van der Waals surface area (Å²) in [6.07, 6.45) is 1.58. The molecule has 2 saturated heterocycles. The number of nitrogens with one attached hydrogen (secondary N) is 2. The molecule has 2 aliphatic rings. The minimum Gasteiger partial charge on any atom is -0.495 e. The van der Waals surface area contributed by atoms with Crippen LogP contribution < -0.4 is 15.4 Å². The predicted octanol–water partition coefficient (Wildman–Crippen LogP) is 2.85. The van der Waals surface area contributed by atoms with Crippen molar-refractivity contribution in [2.75, 3.05) is 50.5 Å². The number of rotatable bonds is 10. The fraction of sp³-hybridized carbons (Fsp3) is 0.455. The van der Waals surface area contributed by atoms with Crippen molar-refractivity contribution in [3.63, 3.8) is 0 Å². The van der Waals surface area contributed by atoms with E-state index in [0.29, 0.717) is 49.0 Å². The maximum Gasteiger partial charge on any atom is 0.236 e. The van der Waals surface area contributed by atoms with Crippen LogP contribution in [0.3, 0.4) is 0 Å². The summed E-state index contributed by atoms with van der Waals surface area (Å²) in [6, 6.07) is 12.5. The summed E-state index contributed by atoms with van der Waals surface area (Å²) < 4.78 is 33.5. The number of methoxy groups -OCH3 is 1. The van der Waals surface area contributed by atoms with Crippen LogP contribution in [0, 0.1) is 6.92 Å². The van der Waals surface area contributed by atoms with Crippen molar-refractivity contribution in [2.24, 2.45) is 0 Å². The van der Waals surface area contributed by atoms with Gasteiger partial charge in [-0.3, -0.25) is 9.69 Å². The van der Waals surface area contributed by atoms with Crippen LogP contribution in [-0.4, -0.2) is 111 Å². The Balaban J connectivity index is 1.19. The topological polar surface area (TPSA) is 175 Å². The fourth-order valence-electron chi connectivity index (χ4n) is 6.39. The molecule has 6 rings (SSSR count). The van der Waals surface area contributed by atoms with Crippen LogP contribution in [0.5, 0.6) is 5.75 Å². The van der Waals surface area contributed by atoms with Gasteiger partial charge in [-0.2, -0.15) is 19.6 Å². The zero-order valence-corrected chi connectivity index (χ0v) is 28.3. The van der Waals surface area contributed by atoms with Crippen molar-refractivity contribution in [1.29, 1.82) is 0 Å². The molecular formula is C33H42N8O6S. The monoisotopic (exact) mass is 678 g/mol. The van der Waals surface area contributed by atoms with Crippen molar-refractivity contribution in [1.82, 2.24) is 29.4 Å². The van der Waals surface area contributed by atoms with Crippen molar-refractivity contribution in [2.45, 2.75) is 61.9 Å². The highest BCUT2D eigenvalue weighted by Crippen LogP contribution is 2.38. The lowest BCUT2D eigenvalue weighted by molar-refractivity contribution is -0.133. The molecule has 256 valence electrons. The molecule has 4 heterocycles. The minimum absolute atomic E-state index is 0.0117. The number of piperidine rings is 1. The number of para-hydroxylation sites is 1. The first kappa shape index (κ1) is 33.6. The van der Waals surface area contributed by atoms with E-state index in [-0.39, 0.29) is 35.2 Å². The number of hydrogen-bond acceptors (Lipinski definition) is 12. The second-order valence-electron chi connectivity index (χ2n) is 12.7. The average molecular weight is 679 g/mol. The van der Waals surface area contributed by atoms with Crippen molar-refractivity contribution in [3.05, 3.63) is 59.8 Å². The first-order valence-electron chi connectivity index (χ1n) is 16.1. The highest BCUT2D eigenvalue weighted by Gasteiger charge is 2.33. The maximum atomic E-state index is 13.1. The Hall–Kier alpha value is -4.31. The number of carbonyl (C=O) groups excluding carboxylic acids is 1. The Morgan fingerprint density at radius 1 is 1.02 bits per heavy atom. The first-order chi connectivity index (χ1) is 22.9. The molecule has 0 saturated carbocycles. The summed E-state index contributed by atoms with van der Waals surface area (Å²) >= 11 is 0. The SMILES string of the molecule is COc1cc(C2CCN(C(=O)CN3C[C@@H](O)[C@H](O)C3)CC2)c(C)cc1Nc1nc(Nc2ccccc2S(=O)(=O)C(C)C)n2nccc2n1. The van der Waals surface area contributed by atoms with Gasteiger partial charge >= 0.3 is 0 Å². The zero-order chi connectivity index (χ0) is 34.2. The van der Waals surface area contributed by atoms with Crippen LogP contribution in [0.2, 0.25) is 0 Å². The van der Waals surface area contributed by atoms with E-state index in [4.69, 9.17) is 4.74 Å². The van der Waals surface area contributed by atoms with Crippen molar-refractivity contribution >= 4 is 44.7 Å². The maximum absolute atomic E-state index is 13.1. The number of aromatic nitrogens is 4. The second-order valence-corrected chi connectivity index (χ2v) is 15.2. The molecular weight excluding hydrogens is 636 g/mol. The molecule has 2 fully saturated rings. The van der Waals surface area contributed by atoms with Gasteiger partial charge in [0.1, 0.15) is 5.75 Å². The summed E-state index contributed by atoms with van der Waals surface area (Å²) in [5.74, 6) is 1.41. The van der Waals surface area contributed by atoms with Gasteiger partial charge in [0.25, 0.3) is 0 Å². The standard InChI is InChI=1S/C33H42N8O6S/c1-20(2)48(45,46)29-8-6-5-7-24(29)36-33-38-32(37-30-9-12-34-41(30)33)35-25-15-21(3)23(16-28(25)47-4)22-10-13-40(14-11-22)31(44)19-39-17-26(42)27(43)18-39/h5-9,12,15-16,20,22,26-27,42-43H,10-11,13-14,17-19H2,1-4H3,(H2,35,36,37,38)/t26-,27-/m1/s1. The lowest BCUT2D eigenvalue weighted by Gasteiger charge is -2.34. The third-order valence-corrected chi connectivity index (χ3v) is 11.3. The van der Waals surface area contributed by atoms with Gasteiger partial charge < -0.3 is 30.5 Å². The smallest absolute Gasteiger partial charge is 0.236 e. The molecule has 1 amide bonds. The summed E-state index contributed by atoms with van der Waals surface area (Å²) in [6.45, 7) is 7.39. The van der Waals surface area contributed by atoms with Gasteiger partial charge in [-0.05, 0) is 74.9 Å². The molecule has 2 atom stereocenters. The van der Waals surface area contributed by atoms with Gasteiger partial charge in [0.05, 0.1) is 53.6 Å². The van der Waals surface area contributed by atoms with Crippen LogP contribution in [-0.2, 0) is 14.6 Å². The Morgan fingerprint density at radius 2 is 1.73 bits per heavy atom. The summed E-state index contributed by atoms with van der Waals surface area (Å²) in [4.78, 5) is 26.0. The molecule has 14 nitrogen and oxygen atoms in total. The third-order valence-electron chi connectivity index (χ3n) is 9.13. The number of likely N-dealkylation sites (tertiary alicyclic amines) is 2. The van der Waals surface area contributed by atoms with Crippen molar-refractivity contribution < 1.29 is 28.2 Å². The van der Waals surface area contributed by atoms with E-state index in [0.717, 1.165) is 24.0 Å². The number of fused-ring (bicyclic) bond motifs is 1. The zero-order valence-electron chi connectivity index (χ0n) is 27.5. The molecule has 15 heteroatoms. The lowest BCUT2D eigenvalue weighted by atomic mass is 9.86. The van der Waals surface area contributed by atoms with Gasteiger partial charge in [0.15, 0.2) is 15.5 Å². The summed E-state index contributed by atoms with van der Waals surface area (Å²) in [5, 5.41) is 29.8. The van der Waals surface area contributed by atoms with E-state index in [1.807, 2.05) is 24.0 Å². The Kier molecular flexibility index (Phi) is 9.56. The van der Waals surface area contributed by atoms with Crippen LogP contribution in [0.1, 0.15) is 43.7 Å². The number of ether oxygens (including phenoxy) is 1. The molecule has 0 radical (unpaired) electrons. The van der Waals surface area contributed by atoms with Gasteiger partial charge in [0, 0.05) is 32.2 Å². The number of aryl methyl sites for hydroxylation is 1. The largest absolute Gasteiger partial charge is 0.495 e. The van der Waals surface area contributed by atoms with Crippen LogP contribution in [0.4, 0.5) is 23.3 Å². The van der Waals surface area contributed by atoms with Gasteiger partial charge in [-0.25, -0.2) is 8.42 Å². The number of nitrogens with zero attached hydrogens (tertiary/aromatic N) is 6. The van der Waals surface area contributed by atoms with E-state index in [1.54, 1.807) is 62.4 Å². The molecule has 48 heavy (non-hydrogen) atoms. The molecule has 2 aromatic carbocycles. The molecule has 4 aromatic rings. The average Bonchev–Trinajstić information content (AvgIpc) is 3.66. The number of benzene rings is 2. The Morgan fingerprint density at radius 3 is 2.42 bits per heavy atom. The number of aliphatic hydroxyl groups excluding tert-OH is 2. The Labute approximate surface area is 279 Å². The van der Waals surface area contributed by atoms with Crippen LogP contribution in [0.25, 0.3) is 5.65 Å². The fourth-order valence-corrected chi connectivity index (χ4v) is 7.59. The van der Waals surface area contributed by atoms with E-state index in [9.17, 15) is 23.4 Å². The number of β-amino-alcohol motifs (C(OH)–C–C–N with tert-alkyl or cyclic N) is 2. The molecule has 2 aromatic heterocycles. The number of carbonyl (C=O) groups is 1. The third kappa shape index (κ3) is 6.81. The van der Waals surface area contributed by atoms with E-state index in [2.05, 4.69) is 25.7 Å². The molecule has 0 bridgehead atoms.